The number of hydrogen-bond donors (Lipinski definition) is 1. The first-order valence-electron chi connectivity index (χ1n) is 5.59. The number of anilines is 2. The van der Waals surface area contributed by atoms with Crippen molar-refractivity contribution in [3.05, 3.63) is 46.6 Å². The van der Waals surface area contributed by atoms with Crippen molar-refractivity contribution in [2.45, 2.75) is 13.3 Å². The average molecular weight is 347 g/mol. The van der Waals surface area contributed by atoms with Crippen LogP contribution in [-0.4, -0.2) is 11.3 Å². The van der Waals surface area contributed by atoms with Gasteiger partial charge in [-0.15, -0.1) is 13.2 Å². The van der Waals surface area contributed by atoms with Crippen LogP contribution in [0.3, 0.4) is 0 Å². The normalized spacial score (nSPS) is 11.2. The van der Waals surface area contributed by atoms with Gasteiger partial charge in [0.15, 0.2) is 0 Å². The summed E-state index contributed by atoms with van der Waals surface area (Å²) in [5.74, 6) is 0.256. The van der Waals surface area contributed by atoms with E-state index in [4.69, 9.17) is 0 Å². The Hall–Kier alpha value is -1.76. The molecule has 2 aromatic rings. The molecule has 7 heteroatoms. The van der Waals surface area contributed by atoms with Crippen LogP contribution in [0.5, 0.6) is 5.75 Å². The second-order valence-corrected chi connectivity index (χ2v) is 4.82. The molecule has 0 unspecified atom stereocenters. The minimum absolute atomic E-state index is 0.281. The van der Waals surface area contributed by atoms with Gasteiger partial charge in [0.25, 0.3) is 0 Å². The number of aryl methyl sites for hydroxylation is 1. The van der Waals surface area contributed by atoms with Gasteiger partial charge in [0, 0.05) is 16.2 Å². The molecule has 0 spiro atoms. The Morgan fingerprint density at radius 3 is 2.60 bits per heavy atom. The number of nitrogens with one attached hydrogen (secondary N) is 1. The van der Waals surface area contributed by atoms with Crippen molar-refractivity contribution in [1.82, 2.24) is 4.98 Å². The predicted octanol–water partition coefficient (Wildman–Crippen LogP) is 4.79. The highest BCUT2D eigenvalue weighted by Crippen LogP contribution is 2.26. The van der Waals surface area contributed by atoms with Crippen LogP contribution in [0.1, 0.15) is 5.69 Å². The molecule has 2 rings (SSSR count). The Morgan fingerprint density at radius 2 is 1.95 bits per heavy atom. The fourth-order valence-corrected chi connectivity index (χ4v) is 1.75. The smallest absolute Gasteiger partial charge is 0.406 e. The van der Waals surface area contributed by atoms with Crippen molar-refractivity contribution in [3.63, 3.8) is 0 Å². The molecule has 0 saturated carbocycles. The van der Waals surface area contributed by atoms with Gasteiger partial charge in [0.1, 0.15) is 11.6 Å². The maximum atomic E-state index is 12.1. The Bertz CT molecular complexity index is 617. The summed E-state index contributed by atoms with van der Waals surface area (Å²) in [6, 6.07) is 9.11. The zero-order valence-corrected chi connectivity index (χ0v) is 11.9. The SMILES string of the molecule is Cc1nc(Nc2cccc(OC(F)(F)F)c2)ccc1Br. The van der Waals surface area contributed by atoms with Crippen LogP contribution in [-0.2, 0) is 0 Å². The molecule has 20 heavy (non-hydrogen) atoms. The molecule has 0 aliphatic rings. The Morgan fingerprint density at radius 1 is 1.20 bits per heavy atom. The third kappa shape index (κ3) is 4.12. The van der Waals surface area contributed by atoms with Crippen LogP contribution in [0.25, 0.3) is 0 Å². The number of benzene rings is 1. The van der Waals surface area contributed by atoms with Crippen LogP contribution in [0, 0.1) is 6.92 Å². The summed E-state index contributed by atoms with van der Waals surface area (Å²) in [6.07, 6.45) is -4.70. The molecule has 106 valence electrons. The van der Waals surface area contributed by atoms with Gasteiger partial charge in [0.2, 0.25) is 0 Å². The van der Waals surface area contributed by atoms with Crippen molar-refractivity contribution in [2.24, 2.45) is 0 Å². The minimum atomic E-state index is -4.70. The van der Waals surface area contributed by atoms with E-state index >= 15 is 0 Å². The van der Waals surface area contributed by atoms with E-state index in [1.165, 1.54) is 18.2 Å². The highest BCUT2D eigenvalue weighted by atomic mass is 79.9. The van der Waals surface area contributed by atoms with E-state index in [9.17, 15) is 13.2 Å². The van der Waals surface area contributed by atoms with Gasteiger partial charge in [-0.1, -0.05) is 6.07 Å². The first kappa shape index (κ1) is 14.6. The number of alkyl halides is 3. The molecule has 0 aliphatic carbocycles. The number of hydrogen-bond acceptors (Lipinski definition) is 3. The molecule has 0 radical (unpaired) electrons. The lowest BCUT2D eigenvalue weighted by atomic mass is 10.3. The van der Waals surface area contributed by atoms with Crippen molar-refractivity contribution in [2.75, 3.05) is 5.32 Å². The average Bonchev–Trinajstić information content (AvgIpc) is 2.32. The number of aromatic nitrogens is 1. The molecule has 0 atom stereocenters. The maximum Gasteiger partial charge on any atom is 0.573 e. The van der Waals surface area contributed by atoms with Crippen LogP contribution >= 0.6 is 15.9 Å². The molecule has 1 aromatic heterocycles. The van der Waals surface area contributed by atoms with Crippen molar-refractivity contribution >= 4 is 27.4 Å². The first-order chi connectivity index (χ1) is 9.33. The highest BCUT2D eigenvalue weighted by Gasteiger charge is 2.31. The molecular weight excluding hydrogens is 337 g/mol. The van der Waals surface area contributed by atoms with Gasteiger partial charge in [0.05, 0.1) is 5.69 Å². The largest absolute Gasteiger partial charge is 0.573 e. The van der Waals surface area contributed by atoms with Crippen molar-refractivity contribution < 1.29 is 17.9 Å². The van der Waals surface area contributed by atoms with Gasteiger partial charge in [-0.25, -0.2) is 4.98 Å². The third-order valence-corrected chi connectivity index (χ3v) is 3.20. The second kappa shape index (κ2) is 5.70. The quantitative estimate of drug-likeness (QED) is 0.867. The zero-order chi connectivity index (χ0) is 14.8. The molecular formula is C13H10BrF3N2O. The molecule has 0 aliphatic heterocycles. The number of rotatable bonds is 3. The molecule has 0 saturated heterocycles. The van der Waals surface area contributed by atoms with Crippen molar-refractivity contribution in [1.29, 1.82) is 0 Å². The fourth-order valence-electron chi connectivity index (χ4n) is 1.53. The molecule has 1 heterocycles. The van der Waals surface area contributed by atoms with E-state index in [1.807, 2.05) is 6.92 Å². The van der Waals surface area contributed by atoms with E-state index in [-0.39, 0.29) is 5.75 Å². The summed E-state index contributed by atoms with van der Waals surface area (Å²) < 4.78 is 41.1. The second-order valence-electron chi connectivity index (χ2n) is 3.96. The van der Waals surface area contributed by atoms with E-state index in [2.05, 4.69) is 31.0 Å². The van der Waals surface area contributed by atoms with E-state index < -0.39 is 6.36 Å². The number of nitrogens with zero attached hydrogens (tertiary/aromatic N) is 1. The third-order valence-electron chi connectivity index (χ3n) is 2.36. The molecule has 1 aromatic carbocycles. The van der Waals surface area contributed by atoms with Gasteiger partial charge in [-0.2, -0.15) is 0 Å². The van der Waals surface area contributed by atoms with Crippen LogP contribution in [0.15, 0.2) is 40.9 Å². The predicted molar refractivity (Wildman–Crippen MR) is 73.1 cm³/mol. The maximum absolute atomic E-state index is 12.1. The van der Waals surface area contributed by atoms with E-state index in [0.717, 1.165) is 10.2 Å². The Balaban J connectivity index is 2.17. The minimum Gasteiger partial charge on any atom is -0.406 e. The Kier molecular flexibility index (Phi) is 4.17. The summed E-state index contributed by atoms with van der Waals surface area (Å²) in [6.45, 7) is 1.82. The summed E-state index contributed by atoms with van der Waals surface area (Å²) in [7, 11) is 0. The van der Waals surface area contributed by atoms with Gasteiger partial charge < -0.3 is 10.1 Å². The van der Waals surface area contributed by atoms with E-state index in [1.54, 1.807) is 18.2 Å². The van der Waals surface area contributed by atoms with Crippen molar-refractivity contribution in [3.8, 4) is 5.75 Å². The lowest BCUT2D eigenvalue weighted by Crippen LogP contribution is -2.17. The number of pyridine rings is 1. The number of ether oxygens (including phenoxy) is 1. The molecule has 0 fully saturated rings. The molecule has 3 nitrogen and oxygen atoms in total. The van der Waals surface area contributed by atoms with Gasteiger partial charge >= 0.3 is 6.36 Å². The molecule has 1 N–H and O–H groups in total. The first-order valence-corrected chi connectivity index (χ1v) is 6.39. The lowest BCUT2D eigenvalue weighted by molar-refractivity contribution is -0.274. The monoisotopic (exact) mass is 346 g/mol. The molecule has 0 bridgehead atoms. The van der Waals surface area contributed by atoms with Gasteiger partial charge in [-0.05, 0) is 47.1 Å². The summed E-state index contributed by atoms with van der Waals surface area (Å²) in [4.78, 5) is 4.25. The fraction of sp³-hybridized carbons (Fsp3) is 0.154. The summed E-state index contributed by atoms with van der Waals surface area (Å²) >= 11 is 3.32. The van der Waals surface area contributed by atoms with Crippen LogP contribution < -0.4 is 10.1 Å². The highest BCUT2D eigenvalue weighted by molar-refractivity contribution is 9.10. The topological polar surface area (TPSA) is 34.2 Å². The molecule has 0 amide bonds. The van der Waals surface area contributed by atoms with Crippen LogP contribution in [0.2, 0.25) is 0 Å². The van der Waals surface area contributed by atoms with E-state index in [0.29, 0.717) is 11.5 Å². The van der Waals surface area contributed by atoms with Crippen LogP contribution in [0.4, 0.5) is 24.7 Å². The summed E-state index contributed by atoms with van der Waals surface area (Å²) in [5.41, 5.74) is 1.23. The standard InChI is InChI=1S/C13H10BrF3N2O/c1-8-11(14)5-6-12(18-8)19-9-3-2-4-10(7-9)20-13(15,16)17/h2-7H,1H3,(H,18,19). The Labute approximate surface area is 121 Å². The summed E-state index contributed by atoms with van der Waals surface area (Å²) in [5, 5.41) is 2.92. The number of halogens is 4. The lowest BCUT2D eigenvalue weighted by Gasteiger charge is -2.11. The zero-order valence-electron chi connectivity index (χ0n) is 10.3. The van der Waals surface area contributed by atoms with Gasteiger partial charge in [-0.3, -0.25) is 0 Å².